The maximum Gasteiger partial charge on any atom is 0.302 e. The molecule has 0 amide bonds. The molecule has 2 aliphatic carbocycles. The van der Waals surface area contributed by atoms with Crippen LogP contribution in [0.25, 0.3) is 0 Å². The Morgan fingerprint density at radius 2 is 1.82 bits per heavy atom. The van der Waals surface area contributed by atoms with Crippen LogP contribution in [0.2, 0.25) is 0 Å². The average Bonchev–Trinajstić information content (AvgIpc) is 2.69. The summed E-state index contributed by atoms with van der Waals surface area (Å²) < 4.78 is 15.9. The second-order valence-corrected chi connectivity index (χ2v) is 4.63. The molecule has 6 heteroatoms. The highest BCUT2D eigenvalue weighted by Gasteiger charge is 2.70. The maximum absolute atomic E-state index is 11.0. The molecular weight excluding hydrogens is 228 g/mol. The molecule has 0 aromatic heterocycles. The number of hydrogen-bond donors (Lipinski definition) is 2. The van der Waals surface area contributed by atoms with Crippen molar-refractivity contribution in [3.05, 3.63) is 0 Å². The van der Waals surface area contributed by atoms with Crippen LogP contribution in [0.15, 0.2) is 0 Å². The van der Waals surface area contributed by atoms with Crippen LogP contribution in [-0.4, -0.2) is 54.5 Å². The van der Waals surface area contributed by atoms with Crippen LogP contribution in [0.4, 0.5) is 0 Å². The van der Waals surface area contributed by atoms with E-state index in [4.69, 9.17) is 14.2 Å². The number of rotatable bonds is 3. The van der Waals surface area contributed by atoms with Gasteiger partial charge in [0.2, 0.25) is 0 Å². The fourth-order valence-electron chi connectivity index (χ4n) is 3.35. The molecule has 2 saturated carbocycles. The van der Waals surface area contributed by atoms with E-state index in [1.54, 1.807) is 0 Å². The SMILES string of the molecule is COC1(OC)[C@H]2[C@@H](O)[C@@H](O)[C@@H]1C[C@@H]2OC(C)=O. The van der Waals surface area contributed by atoms with E-state index in [1.165, 1.54) is 21.1 Å². The van der Waals surface area contributed by atoms with E-state index in [0.717, 1.165) is 0 Å². The van der Waals surface area contributed by atoms with Crippen molar-refractivity contribution >= 4 is 5.97 Å². The predicted molar refractivity (Wildman–Crippen MR) is 55.9 cm³/mol. The lowest BCUT2D eigenvalue weighted by molar-refractivity contribution is -0.247. The number of hydrogen-bond acceptors (Lipinski definition) is 6. The number of methoxy groups -OCH3 is 2. The molecular formula is C11H18O6. The van der Waals surface area contributed by atoms with E-state index < -0.39 is 36.0 Å². The van der Waals surface area contributed by atoms with Gasteiger partial charge in [-0.25, -0.2) is 0 Å². The van der Waals surface area contributed by atoms with E-state index in [1.807, 2.05) is 0 Å². The van der Waals surface area contributed by atoms with Crippen molar-refractivity contribution in [3.63, 3.8) is 0 Å². The Morgan fingerprint density at radius 1 is 1.24 bits per heavy atom. The molecule has 0 radical (unpaired) electrons. The average molecular weight is 246 g/mol. The fourth-order valence-corrected chi connectivity index (χ4v) is 3.35. The normalized spacial score (nSPS) is 42.8. The van der Waals surface area contributed by atoms with Gasteiger partial charge in [0, 0.05) is 27.1 Å². The van der Waals surface area contributed by atoms with Crippen molar-refractivity contribution in [3.8, 4) is 0 Å². The van der Waals surface area contributed by atoms with Crippen molar-refractivity contribution in [1.29, 1.82) is 0 Å². The smallest absolute Gasteiger partial charge is 0.302 e. The van der Waals surface area contributed by atoms with E-state index in [0.29, 0.717) is 6.42 Å². The van der Waals surface area contributed by atoms with Crippen molar-refractivity contribution < 1.29 is 29.2 Å². The number of esters is 1. The van der Waals surface area contributed by atoms with Gasteiger partial charge in [-0.1, -0.05) is 0 Å². The quantitative estimate of drug-likeness (QED) is 0.505. The van der Waals surface area contributed by atoms with Crippen LogP contribution in [-0.2, 0) is 19.0 Å². The Kier molecular flexibility index (Phi) is 3.15. The van der Waals surface area contributed by atoms with Gasteiger partial charge in [0.15, 0.2) is 5.79 Å². The standard InChI is InChI=1S/C11H18O6/c1-5(12)17-7-4-6-9(13)10(14)8(7)11(6,15-2)16-3/h6-10,13-14H,4H2,1-3H3/t6-,7-,8+,9-,10+/m0/s1. The van der Waals surface area contributed by atoms with Crippen molar-refractivity contribution in [2.75, 3.05) is 14.2 Å². The van der Waals surface area contributed by atoms with Crippen LogP contribution in [0, 0.1) is 11.8 Å². The van der Waals surface area contributed by atoms with E-state index in [2.05, 4.69) is 0 Å². The van der Waals surface area contributed by atoms with Crippen molar-refractivity contribution in [1.82, 2.24) is 0 Å². The summed E-state index contributed by atoms with van der Waals surface area (Å²) in [5.41, 5.74) is 0. The molecule has 17 heavy (non-hydrogen) atoms. The van der Waals surface area contributed by atoms with Crippen molar-refractivity contribution in [2.45, 2.75) is 37.4 Å². The monoisotopic (exact) mass is 246 g/mol. The van der Waals surface area contributed by atoms with E-state index in [9.17, 15) is 15.0 Å². The molecule has 0 aromatic carbocycles. The first-order chi connectivity index (χ1) is 7.97. The van der Waals surface area contributed by atoms with Crippen molar-refractivity contribution in [2.24, 2.45) is 11.8 Å². The van der Waals surface area contributed by atoms with Gasteiger partial charge in [-0.15, -0.1) is 0 Å². The van der Waals surface area contributed by atoms with Gasteiger partial charge in [-0.2, -0.15) is 0 Å². The van der Waals surface area contributed by atoms with Gasteiger partial charge in [-0.05, 0) is 6.42 Å². The predicted octanol–water partition coefficient (Wildman–Crippen LogP) is -0.721. The highest BCUT2D eigenvalue weighted by atomic mass is 16.7. The maximum atomic E-state index is 11.0. The van der Waals surface area contributed by atoms with Crippen LogP contribution in [0.1, 0.15) is 13.3 Å². The Morgan fingerprint density at radius 3 is 2.24 bits per heavy atom. The van der Waals surface area contributed by atoms with Gasteiger partial charge in [0.25, 0.3) is 0 Å². The third kappa shape index (κ3) is 1.59. The second-order valence-electron chi connectivity index (χ2n) is 4.63. The Hall–Kier alpha value is -0.690. The molecule has 0 heterocycles. The molecule has 2 bridgehead atoms. The highest BCUT2D eigenvalue weighted by molar-refractivity contribution is 5.66. The minimum Gasteiger partial charge on any atom is -0.462 e. The highest BCUT2D eigenvalue weighted by Crippen LogP contribution is 2.55. The zero-order chi connectivity index (χ0) is 12.8. The van der Waals surface area contributed by atoms with Gasteiger partial charge < -0.3 is 24.4 Å². The summed E-state index contributed by atoms with van der Waals surface area (Å²) in [7, 11) is 2.93. The number of carbonyl (C=O) groups is 1. The van der Waals surface area contributed by atoms with Crippen LogP contribution >= 0.6 is 0 Å². The lowest BCUT2D eigenvalue weighted by atomic mass is 9.92. The summed E-state index contributed by atoms with van der Waals surface area (Å²) in [5, 5.41) is 19.9. The zero-order valence-electron chi connectivity index (χ0n) is 10.1. The summed E-state index contributed by atoms with van der Waals surface area (Å²) in [6.45, 7) is 1.32. The molecule has 0 aromatic rings. The summed E-state index contributed by atoms with van der Waals surface area (Å²) in [6, 6.07) is 0. The summed E-state index contributed by atoms with van der Waals surface area (Å²) in [4.78, 5) is 11.0. The third-order valence-electron chi connectivity index (χ3n) is 3.95. The molecule has 5 atom stereocenters. The number of ether oxygens (including phenoxy) is 3. The number of fused-ring (bicyclic) bond motifs is 2. The minimum absolute atomic E-state index is 0.387. The molecule has 0 unspecified atom stereocenters. The molecule has 2 N–H and O–H groups in total. The molecule has 6 nitrogen and oxygen atoms in total. The summed E-state index contributed by atoms with van der Waals surface area (Å²) in [6.07, 6.45) is -1.95. The van der Waals surface area contributed by atoms with Gasteiger partial charge in [-0.3, -0.25) is 4.79 Å². The van der Waals surface area contributed by atoms with Crippen LogP contribution in [0.3, 0.4) is 0 Å². The molecule has 2 fully saturated rings. The molecule has 2 aliphatic rings. The Balaban J connectivity index is 2.29. The first-order valence-electron chi connectivity index (χ1n) is 5.61. The molecule has 98 valence electrons. The Labute approximate surface area is 99.5 Å². The van der Waals surface area contributed by atoms with Gasteiger partial charge >= 0.3 is 5.97 Å². The van der Waals surface area contributed by atoms with E-state index in [-0.39, 0.29) is 5.92 Å². The number of carbonyl (C=O) groups excluding carboxylic acids is 1. The lowest BCUT2D eigenvalue weighted by Gasteiger charge is -2.32. The van der Waals surface area contributed by atoms with E-state index >= 15 is 0 Å². The molecule has 0 aliphatic heterocycles. The largest absolute Gasteiger partial charge is 0.462 e. The first-order valence-corrected chi connectivity index (χ1v) is 5.61. The van der Waals surface area contributed by atoms with Gasteiger partial charge in [0.1, 0.15) is 6.10 Å². The Bertz CT molecular complexity index is 313. The van der Waals surface area contributed by atoms with Crippen LogP contribution < -0.4 is 0 Å². The number of aliphatic hydroxyl groups excluding tert-OH is 2. The first kappa shape index (κ1) is 12.8. The van der Waals surface area contributed by atoms with Gasteiger partial charge in [0.05, 0.1) is 18.1 Å². The molecule has 0 saturated heterocycles. The minimum atomic E-state index is -1.07. The number of aliphatic hydroxyl groups is 2. The van der Waals surface area contributed by atoms with Crippen LogP contribution in [0.5, 0.6) is 0 Å². The summed E-state index contributed by atoms with van der Waals surface area (Å²) >= 11 is 0. The fraction of sp³-hybridized carbons (Fsp3) is 0.909. The molecule has 0 spiro atoms. The molecule has 2 rings (SSSR count). The summed E-state index contributed by atoms with van der Waals surface area (Å²) in [5.74, 6) is -2.42. The zero-order valence-corrected chi connectivity index (χ0v) is 10.1. The lowest BCUT2D eigenvalue weighted by Crippen LogP contribution is -2.45. The third-order valence-corrected chi connectivity index (χ3v) is 3.95. The second kappa shape index (κ2) is 4.20. The topological polar surface area (TPSA) is 85.2 Å².